The molecule has 5 aromatic rings. The molecule has 3 aromatic carbocycles. The lowest BCUT2D eigenvalue weighted by Crippen LogP contribution is -2.23. The number of aryl methyl sites for hydroxylation is 1. The van der Waals surface area contributed by atoms with E-state index in [9.17, 15) is 4.79 Å². The maximum atomic E-state index is 12.8. The van der Waals surface area contributed by atoms with E-state index in [1.807, 2.05) is 42.5 Å². The molecule has 0 fully saturated rings. The van der Waals surface area contributed by atoms with Gasteiger partial charge in [0.2, 0.25) is 0 Å². The molecule has 1 amide bonds. The van der Waals surface area contributed by atoms with Crippen LogP contribution in [-0.4, -0.2) is 20.4 Å². The molecule has 0 unspecified atom stereocenters. The van der Waals surface area contributed by atoms with Crippen LogP contribution < -0.4 is 5.32 Å². The highest BCUT2D eigenvalue weighted by Gasteiger charge is 2.14. The summed E-state index contributed by atoms with van der Waals surface area (Å²) in [6, 6.07) is 30.4. The zero-order chi connectivity index (χ0) is 23.3. The SMILES string of the molecule is CCc1nc2ccc(C(=O)NCc3ccccn3)cc2n1Cc1ccc(-c2ccccc2)cc1. The van der Waals surface area contributed by atoms with Crippen molar-refractivity contribution in [3.8, 4) is 11.1 Å². The van der Waals surface area contributed by atoms with Gasteiger partial charge in [-0.05, 0) is 47.0 Å². The van der Waals surface area contributed by atoms with Crippen molar-refractivity contribution in [1.82, 2.24) is 19.9 Å². The normalized spacial score (nSPS) is 11.0. The topological polar surface area (TPSA) is 59.8 Å². The summed E-state index contributed by atoms with van der Waals surface area (Å²) in [6.45, 7) is 3.20. The first-order chi connectivity index (χ1) is 16.7. The molecule has 0 bridgehead atoms. The zero-order valence-electron chi connectivity index (χ0n) is 19.1. The van der Waals surface area contributed by atoms with Crippen molar-refractivity contribution in [2.45, 2.75) is 26.4 Å². The minimum atomic E-state index is -0.120. The van der Waals surface area contributed by atoms with Gasteiger partial charge in [-0.2, -0.15) is 0 Å². The number of pyridine rings is 1. The van der Waals surface area contributed by atoms with Gasteiger partial charge in [-0.15, -0.1) is 0 Å². The van der Waals surface area contributed by atoms with Gasteiger partial charge in [0, 0.05) is 24.7 Å². The predicted octanol–water partition coefficient (Wildman–Crippen LogP) is 5.64. The fraction of sp³-hybridized carbons (Fsp3) is 0.138. The van der Waals surface area contributed by atoms with Gasteiger partial charge in [0.15, 0.2) is 0 Å². The number of nitrogens with one attached hydrogen (secondary N) is 1. The Labute approximate surface area is 199 Å². The standard InChI is InChI=1S/C29H26N4O/c1-2-28-32-26-16-15-24(29(34)31-19-25-10-6-7-17-30-25)18-27(26)33(28)20-21-11-13-23(14-12-21)22-8-4-3-5-9-22/h3-18H,2,19-20H2,1H3,(H,31,34). The first kappa shape index (κ1) is 21.6. The van der Waals surface area contributed by atoms with E-state index in [1.54, 1.807) is 6.20 Å². The molecule has 0 atom stereocenters. The third-order valence-electron chi connectivity index (χ3n) is 5.96. The molecule has 0 spiro atoms. The number of hydrogen-bond acceptors (Lipinski definition) is 3. The zero-order valence-corrected chi connectivity index (χ0v) is 19.1. The van der Waals surface area contributed by atoms with Crippen LogP contribution in [-0.2, 0) is 19.5 Å². The molecule has 34 heavy (non-hydrogen) atoms. The summed E-state index contributed by atoms with van der Waals surface area (Å²) in [4.78, 5) is 21.9. The number of carbonyl (C=O) groups excluding carboxylic acids is 1. The molecule has 0 saturated heterocycles. The number of aromatic nitrogens is 3. The predicted molar refractivity (Wildman–Crippen MR) is 135 cm³/mol. The van der Waals surface area contributed by atoms with Crippen molar-refractivity contribution in [1.29, 1.82) is 0 Å². The summed E-state index contributed by atoms with van der Waals surface area (Å²) in [5, 5.41) is 2.96. The summed E-state index contributed by atoms with van der Waals surface area (Å²) < 4.78 is 2.21. The second kappa shape index (κ2) is 9.71. The number of nitrogens with zero attached hydrogens (tertiary/aromatic N) is 3. The first-order valence-electron chi connectivity index (χ1n) is 11.5. The van der Waals surface area contributed by atoms with Crippen LogP contribution in [0.25, 0.3) is 22.2 Å². The van der Waals surface area contributed by atoms with Crippen molar-refractivity contribution in [3.05, 3.63) is 120 Å². The minimum absolute atomic E-state index is 0.120. The minimum Gasteiger partial charge on any atom is -0.346 e. The third-order valence-corrected chi connectivity index (χ3v) is 5.96. The van der Waals surface area contributed by atoms with E-state index in [0.29, 0.717) is 18.7 Å². The van der Waals surface area contributed by atoms with Crippen LogP contribution in [0.4, 0.5) is 0 Å². The number of fused-ring (bicyclic) bond motifs is 1. The smallest absolute Gasteiger partial charge is 0.251 e. The van der Waals surface area contributed by atoms with E-state index < -0.39 is 0 Å². The molecule has 168 valence electrons. The highest BCUT2D eigenvalue weighted by molar-refractivity contribution is 5.97. The largest absolute Gasteiger partial charge is 0.346 e. The quantitative estimate of drug-likeness (QED) is 0.352. The van der Waals surface area contributed by atoms with Gasteiger partial charge in [-0.25, -0.2) is 4.98 Å². The van der Waals surface area contributed by atoms with Crippen LogP contribution in [0.3, 0.4) is 0 Å². The van der Waals surface area contributed by atoms with E-state index in [4.69, 9.17) is 4.98 Å². The molecule has 5 rings (SSSR count). The lowest BCUT2D eigenvalue weighted by molar-refractivity contribution is 0.0950. The summed E-state index contributed by atoms with van der Waals surface area (Å²) in [5.41, 5.74) is 6.91. The van der Waals surface area contributed by atoms with Crippen molar-refractivity contribution < 1.29 is 4.79 Å². The van der Waals surface area contributed by atoms with Gasteiger partial charge in [-0.1, -0.05) is 67.6 Å². The average Bonchev–Trinajstić information content (AvgIpc) is 3.25. The second-order valence-corrected chi connectivity index (χ2v) is 8.24. The van der Waals surface area contributed by atoms with Gasteiger partial charge in [-0.3, -0.25) is 9.78 Å². The van der Waals surface area contributed by atoms with Gasteiger partial charge in [0.25, 0.3) is 5.91 Å². The molecule has 5 nitrogen and oxygen atoms in total. The number of rotatable bonds is 7. The highest BCUT2D eigenvalue weighted by atomic mass is 16.1. The van der Waals surface area contributed by atoms with Gasteiger partial charge in [0.05, 0.1) is 23.3 Å². The maximum Gasteiger partial charge on any atom is 0.251 e. The van der Waals surface area contributed by atoms with E-state index in [-0.39, 0.29) is 5.91 Å². The fourth-order valence-corrected chi connectivity index (χ4v) is 4.15. The average molecular weight is 447 g/mol. The Morgan fingerprint density at radius 3 is 2.38 bits per heavy atom. The number of hydrogen-bond donors (Lipinski definition) is 1. The van der Waals surface area contributed by atoms with Gasteiger partial charge < -0.3 is 9.88 Å². The Bertz CT molecular complexity index is 1410. The molecule has 0 saturated carbocycles. The molecule has 0 aliphatic carbocycles. The van der Waals surface area contributed by atoms with Gasteiger partial charge in [0.1, 0.15) is 5.82 Å². The molecular formula is C29H26N4O. The van der Waals surface area contributed by atoms with Crippen LogP contribution in [0.2, 0.25) is 0 Å². The summed E-state index contributed by atoms with van der Waals surface area (Å²) in [7, 11) is 0. The lowest BCUT2D eigenvalue weighted by Gasteiger charge is -2.10. The summed E-state index contributed by atoms with van der Waals surface area (Å²) >= 11 is 0. The number of benzene rings is 3. The molecule has 2 aromatic heterocycles. The van der Waals surface area contributed by atoms with Crippen molar-refractivity contribution >= 4 is 16.9 Å². The Morgan fingerprint density at radius 2 is 1.65 bits per heavy atom. The van der Waals surface area contributed by atoms with Crippen molar-refractivity contribution in [2.75, 3.05) is 0 Å². The number of imidazole rings is 1. The number of amides is 1. The molecule has 5 heteroatoms. The molecule has 0 aliphatic rings. The van der Waals surface area contributed by atoms with Crippen LogP contribution in [0.15, 0.2) is 97.2 Å². The summed E-state index contributed by atoms with van der Waals surface area (Å²) in [5.74, 6) is 0.888. The molecular weight excluding hydrogens is 420 g/mol. The van der Waals surface area contributed by atoms with Crippen LogP contribution in [0.1, 0.15) is 34.4 Å². The van der Waals surface area contributed by atoms with Crippen LogP contribution in [0.5, 0.6) is 0 Å². The first-order valence-corrected chi connectivity index (χ1v) is 11.5. The van der Waals surface area contributed by atoms with Crippen molar-refractivity contribution in [3.63, 3.8) is 0 Å². The molecule has 0 aliphatic heterocycles. The molecule has 0 radical (unpaired) electrons. The van der Waals surface area contributed by atoms with E-state index in [2.05, 4.69) is 70.3 Å². The van der Waals surface area contributed by atoms with Crippen LogP contribution in [0, 0.1) is 0 Å². The Hall–Kier alpha value is -4.25. The van der Waals surface area contributed by atoms with E-state index in [1.165, 1.54) is 16.7 Å². The lowest BCUT2D eigenvalue weighted by atomic mass is 10.0. The Balaban J connectivity index is 1.39. The maximum absolute atomic E-state index is 12.8. The monoisotopic (exact) mass is 446 g/mol. The van der Waals surface area contributed by atoms with Crippen LogP contribution >= 0.6 is 0 Å². The third kappa shape index (κ3) is 4.59. The Kier molecular flexibility index (Phi) is 6.17. The molecule has 1 N–H and O–H groups in total. The van der Waals surface area contributed by atoms with E-state index >= 15 is 0 Å². The Morgan fingerprint density at radius 1 is 0.882 bits per heavy atom. The highest BCUT2D eigenvalue weighted by Crippen LogP contribution is 2.23. The molecule has 2 heterocycles. The van der Waals surface area contributed by atoms with Crippen molar-refractivity contribution in [2.24, 2.45) is 0 Å². The number of carbonyl (C=O) groups is 1. The summed E-state index contributed by atoms with van der Waals surface area (Å²) in [6.07, 6.45) is 2.54. The fourth-order valence-electron chi connectivity index (χ4n) is 4.15. The second-order valence-electron chi connectivity index (χ2n) is 8.24. The van der Waals surface area contributed by atoms with E-state index in [0.717, 1.165) is 29.0 Å². The van der Waals surface area contributed by atoms with Gasteiger partial charge >= 0.3 is 0 Å².